The molecular formula is C19H19N3O4. The van der Waals surface area contributed by atoms with Gasteiger partial charge in [0.1, 0.15) is 0 Å². The number of fused-ring (bicyclic) bond motifs is 1. The highest BCUT2D eigenvalue weighted by molar-refractivity contribution is 5.84. The molecule has 0 aliphatic rings. The van der Waals surface area contributed by atoms with Crippen LogP contribution in [0, 0.1) is 6.92 Å². The topological polar surface area (TPSA) is 105 Å². The van der Waals surface area contributed by atoms with Crippen molar-refractivity contribution in [3.05, 3.63) is 59.7 Å². The summed E-state index contributed by atoms with van der Waals surface area (Å²) in [6, 6.07) is 12.9. The summed E-state index contributed by atoms with van der Waals surface area (Å²) in [6.45, 7) is 1.70. The Labute approximate surface area is 150 Å². The Hall–Kier alpha value is -3.22. The Bertz CT molecular complexity index is 935. The number of amides is 1. The van der Waals surface area contributed by atoms with Gasteiger partial charge in [0.15, 0.2) is 5.82 Å². The van der Waals surface area contributed by atoms with Gasteiger partial charge < -0.3 is 14.9 Å². The van der Waals surface area contributed by atoms with Crippen LogP contribution in [0.5, 0.6) is 0 Å². The smallest absolute Gasteiger partial charge is 0.305 e. The quantitative estimate of drug-likeness (QED) is 0.677. The van der Waals surface area contributed by atoms with Crippen molar-refractivity contribution in [1.82, 2.24) is 15.5 Å². The Kier molecular flexibility index (Phi) is 5.26. The number of hydrogen-bond donors (Lipinski definition) is 2. The van der Waals surface area contributed by atoms with Crippen molar-refractivity contribution >= 4 is 22.6 Å². The summed E-state index contributed by atoms with van der Waals surface area (Å²) in [5.74, 6) is -0.338. The van der Waals surface area contributed by atoms with Gasteiger partial charge in [-0.05, 0) is 29.3 Å². The number of aliphatic carboxylic acids is 1. The number of aryl methyl sites for hydroxylation is 2. The molecule has 1 aromatic heterocycles. The van der Waals surface area contributed by atoms with Crippen LogP contribution in [0.4, 0.5) is 0 Å². The van der Waals surface area contributed by atoms with Gasteiger partial charge in [-0.25, -0.2) is 0 Å². The van der Waals surface area contributed by atoms with Crippen molar-refractivity contribution in [2.75, 3.05) is 0 Å². The van der Waals surface area contributed by atoms with Crippen LogP contribution in [0.3, 0.4) is 0 Å². The van der Waals surface area contributed by atoms with Gasteiger partial charge in [0, 0.05) is 12.8 Å². The van der Waals surface area contributed by atoms with Gasteiger partial charge >= 0.3 is 5.97 Å². The predicted octanol–water partition coefficient (Wildman–Crippen LogP) is 2.80. The van der Waals surface area contributed by atoms with E-state index in [0.29, 0.717) is 18.1 Å². The molecular weight excluding hydrogens is 334 g/mol. The summed E-state index contributed by atoms with van der Waals surface area (Å²) in [7, 11) is 0. The van der Waals surface area contributed by atoms with Crippen LogP contribution in [-0.2, 0) is 16.0 Å². The molecule has 0 unspecified atom stereocenters. The van der Waals surface area contributed by atoms with Crippen LogP contribution in [0.15, 0.2) is 47.0 Å². The molecule has 0 aliphatic carbocycles. The third-order valence-corrected chi connectivity index (χ3v) is 4.03. The van der Waals surface area contributed by atoms with Crippen LogP contribution in [-0.4, -0.2) is 27.1 Å². The van der Waals surface area contributed by atoms with E-state index >= 15 is 0 Å². The van der Waals surface area contributed by atoms with E-state index in [1.807, 2.05) is 42.5 Å². The Morgan fingerprint density at radius 1 is 1.19 bits per heavy atom. The van der Waals surface area contributed by atoms with Gasteiger partial charge in [0.2, 0.25) is 11.8 Å². The van der Waals surface area contributed by atoms with Crippen molar-refractivity contribution in [2.45, 2.75) is 32.2 Å². The molecule has 7 nitrogen and oxygen atoms in total. The molecule has 2 N–H and O–H groups in total. The SMILES string of the molecule is Cc1noc(CCC(=O)N[C@@H](CC(=O)O)c2ccc3ccccc3c2)n1. The molecule has 0 fully saturated rings. The van der Waals surface area contributed by atoms with Crippen LogP contribution in [0.2, 0.25) is 0 Å². The maximum Gasteiger partial charge on any atom is 0.305 e. The highest BCUT2D eigenvalue weighted by Crippen LogP contribution is 2.23. The van der Waals surface area contributed by atoms with E-state index in [9.17, 15) is 14.7 Å². The van der Waals surface area contributed by atoms with E-state index in [2.05, 4.69) is 15.5 Å². The van der Waals surface area contributed by atoms with E-state index in [0.717, 1.165) is 16.3 Å². The molecule has 1 amide bonds. The van der Waals surface area contributed by atoms with E-state index in [1.165, 1.54) is 0 Å². The number of carbonyl (C=O) groups is 2. The second-order valence-electron chi connectivity index (χ2n) is 6.06. The van der Waals surface area contributed by atoms with Crippen molar-refractivity contribution in [3.8, 4) is 0 Å². The molecule has 1 heterocycles. The zero-order valence-corrected chi connectivity index (χ0v) is 14.3. The first kappa shape index (κ1) is 17.6. The molecule has 3 rings (SSSR count). The summed E-state index contributed by atoms with van der Waals surface area (Å²) in [5.41, 5.74) is 0.757. The van der Waals surface area contributed by atoms with Crippen LogP contribution in [0.1, 0.15) is 36.2 Å². The standard InChI is InChI=1S/C19H19N3O4/c1-12-20-18(26-22-12)9-8-17(23)21-16(11-19(24)25)15-7-6-13-4-2-3-5-14(13)10-15/h2-7,10,16H,8-9,11H2,1H3,(H,21,23)(H,24,25)/t16-/m0/s1. The number of hydrogen-bond acceptors (Lipinski definition) is 5. The molecule has 0 saturated heterocycles. The number of rotatable bonds is 7. The predicted molar refractivity (Wildman–Crippen MR) is 94.4 cm³/mol. The first-order valence-electron chi connectivity index (χ1n) is 8.30. The summed E-state index contributed by atoms with van der Waals surface area (Å²) in [4.78, 5) is 27.5. The van der Waals surface area contributed by atoms with Gasteiger partial charge in [-0.1, -0.05) is 41.6 Å². The zero-order valence-electron chi connectivity index (χ0n) is 14.3. The first-order chi connectivity index (χ1) is 12.5. The van der Waals surface area contributed by atoms with Crippen molar-refractivity contribution < 1.29 is 19.2 Å². The van der Waals surface area contributed by atoms with Gasteiger partial charge in [-0.2, -0.15) is 4.98 Å². The van der Waals surface area contributed by atoms with Gasteiger partial charge in [-0.15, -0.1) is 0 Å². The zero-order chi connectivity index (χ0) is 18.5. The molecule has 0 aliphatic heterocycles. The lowest BCUT2D eigenvalue weighted by molar-refractivity contribution is -0.137. The van der Waals surface area contributed by atoms with Gasteiger partial charge in [0.25, 0.3) is 0 Å². The monoisotopic (exact) mass is 353 g/mol. The normalized spacial score (nSPS) is 12.0. The fourth-order valence-corrected chi connectivity index (χ4v) is 2.78. The Balaban J connectivity index is 1.72. The molecule has 134 valence electrons. The number of carbonyl (C=O) groups excluding carboxylic acids is 1. The number of benzene rings is 2. The van der Waals surface area contributed by atoms with E-state index in [4.69, 9.17) is 4.52 Å². The highest BCUT2D eigenvalue weighted by Gasteiger charge is 2.19. The van der Waals surface area contributed by atoms with Crippen molar-refractivity contribution in [3.63, 3.8) is 0 Å². The molecule has 0 bridgehead atoms. The first-order valence-corrected chi connectivity index (χ1v) is 8.30. The van der Waals surface area contributed by atoms with Gasteiger partial charge in [-0.3, -0.25) is 9.59 Å². The molecule has 26 heavy (non-hydrogen) atoms. The second kappa shape index (κ2) is 7.77. The lowest BCUT2D eigenvalue weighted by Gasteiger charge is -2.18. The lowest BCUT2D eigenvalue weighted by atomic mass is 9.99. The number of carboxylic acids is 1. The highest BCUT2D eigenvalue weighted by atomic mass is 16.5. The van der Waals surface area contributed by atoms with Crippen LogP contribution in [0.25, 0.3) is 10.8 Å². The summed E-state index contributed by atoms with van der Waals surface area (Å²) in [5, 5.41) is 17.7. The molecule has 0 saturated carbocycles. The third-order valence-electron chi connectivity index (χ3n) is 4.03. The number of carboxylic acid groups (broad SMARTS) is 1. The number of nitrogens with zero attached hydrogens (tertiary/aromatic N) is 2. The van der Waals surface area contributed by atoms with Crippen LogP contribution >= 0.6 is 0 Å². The molecule has 1 atom stereocenters. The summed E-state index contributed by atoms with van der Waals surface area (Å²) < 4.78 is 4.98. The lowest BCUT2D eigenvalue weighted by Crippen LogP contribution is -2.30. The average Bonchev–Trinajstić information content (AvgIpc) is 3.04. The van der Waals surface area contributed by atoms with Gasteiger partial charge in [0.05, 0.1) is 12.5 Å². The maximum atomic E-state index is 12.3. The van der Waals surface area contributed by atoms with Crippen molar-refractivity contribution in [2.24, 2.45) is 0 Å². The van der Waals surface area contributed by atoms with E-state index < -0.39 is 12.0 Å². The summed E-state index contributed by atoms with van der Waals surface area (Å²) in [6.07, 6.45) is 0.263. The third kappa shape index (κ3) is 4.44. The molecule has 0 spiro atoms. The number of aromatic nitrogens is 2. The molecule has 2 aromatic carbocycles. The van der Waals surface area contributed by atoms with E-state index in [1.54, 1.807) is 6.92 Å². The fourth-order valence-electron chi connectivity index (χ4n) is 2.78. The summed E-state index contributed by atoms with van der Waals surface area (Å²) >= 11 is 0. The number of nitrogens with one attached hydrogen (secondary N) is 1. The van der Waals surface area contributed by atoms with Crippen LogP contribution < -0.4 is 5.32 Å². The maximum absolute atomic E-state index is 12.3. The Morgan fingerprint density at radius 2 is 1.96 bits per heavy atom. The largest absolute Gasteiger partial charge is 0.481 e. The minimum atomic E-state index is -0.976. The second-order valence-corrected chi connectivity index (χ2v) is 6.06. The Morgan fingerprint density at radius 3 is 2.65 bits per heavy atom. The molecule has 3 aromatic rings. The minimum absolute atomic E-state index is 0.144. The minimum Gasteiger partial charge on any atom is -0.481 e. The van der Waals surface area contributed by atoms with E-state index in [-0.39, 0.29) is 18.7 Å². The molecule has 0 radical (unpaired) electrons. The molecule has 7 heteroatoms. The average molecular weight is 353 g/mol. The van der Waals surface area contributed by atoms with Crippen molar-refractivity contribution in [1.29, 1.82) is 0 Å². The fraction of sp³-hybridized carbons (Fsp3) is 0.263.